The van der Waals surface area contributed by atoms with E-state index in [-0.39, 0.29) is 0 Å². The molecular formula is C17H29N3O2. The third-order valence-corrected chi connectivity index (χ3v) is 2.98. The van der Waals surface area contributed by atoms with E-state index in [0.717, 1.165) is 18.9 Å². The first-order chi connectivity index (χ1) is 10.6. The molecule has 124 valence electrons. The molecule has 5 nitrogen and oxygen atoms in total. The van der Waals surface area contributed by atoms with Gasteiger partial charge in [0.1, 0.15) is 0 Å². The van der Waals surface area contributed by atoms with Crippen molar-refractivity contribution in [3.8, 4) is 0 Å². The molecule has 0 radical (unpaired) electrons. The zero-order valence-corrected chi connectivity index (χ0v) is 14.3. The highest BCUT2D eigenvalue weighted by Gasteiger charge is 2.02. The highest BCUT2D eigenvalue weighted by Crippen LogP contribution is 2.00. The lowest BCUT2D eigenvalue weighted by Crippen LogP contribution is -2.35. The molecule has 1 rings (SSSR count). The molecule has 0 fully saturated rings. The minimum absolute atomic E-state index is 0.624. The van der Waals surface area contributed by atoms with Crippen LogP contribution in [0.5, 0.6) is 0 Å². The topological polar surface area (TPSA) is 37.3 Å². The van der Waals surface area contributed by atoms with Crippen molar-refractivity contribution in [1.29, 1.82) is 0 Å². The van der Waals surface area contributed by atoms with E-state index in [1.54, 1.807) is 0 Å². The second-order valence-electron chi connectivity index (χ2n) is 5.47. The first-order valence-electron chi connectivity index (χ1n) is 7.69. The number of nitrogens with zero attached hydrogens (tertiary/aromatic N) is 3. The molecule has 0 saturated carbocycles. The van der Waals surface area contributed by atoms with Crippen LogP contribution < -0.4 is 0 Å². The van der Waals surface area contributed by atoms with E-state index >= 15 is 0 Å². The van der Waals surface area contributed by atoms with Gasteiger partial charge in [-0.1, -0.05) is 30.3 Å². The maximum absolute atomic E-state index is 5.56. The summed E-state index contributed by atoms with van der Waals surface area (Å²) in [5.74, 6) is 0.978. The summed E-state index contributed by atoms with van der Waals surface area (Å²) in [5, 5.41) is 0. The van der Waals surface area contributed by atoms with E-state index < -0.39 is 0 Å². The van der Waals surface area contributed by atoms with Crippen LogP contribution in [0.3, 0.4) is 0 Å². The summed E-state index contributed by atoms with van der Waals surface area (Å²) in [6.45, 7) is 3.38. The summed E-state index contributed by atoms with van der Waals surface area (Å²) in [7, 11) is 8.00. The first-order valence-corrected chi connectivity index (χ1v) is 7.69. The maximum atomic E-state index is 5.56. The molecule has 0 saturated heterocycles. The molecule has 0 aliphatic carbocycles. The average molecular weight is 307 g/mol. The Kier molecular flexibility index (Phi) is 9.26. The molecule has 1 aromatic carbocycles. The summed E-state index contributed by atoms with van der Waals surface area (Å²) in [4.78, 5) is 8.58. The second-order valence-corrected chi connectivity index (χ2v) is 5.47. The number of guanidine groups is 1. The lowest BCUT2D eigenvalue weighted by Gasteiger charge is -2.22. The summed E-state index contributed by atoms with van der Waals surface area (Å²) in [6.07, 6.45) is 0.921. The molecule has 5 heteroatoms. The Balaban J connectivity index is 2.00. The molecule has 0 spiro atoms. The van der Waals surface area contributed by atoms with Gasteiger partial charge in [-0.05, 0) is 12.0 Å². The van der Waals surface area contributed by atoms with Crippen molar-refractivity contribution in [2.24, 2.45) is 4.99 Å². The van der Waals surface area contributed by atoms with Gasteiger partial charge in [-0.2, -0.15) is 0 Å². The van der Waals surface area contributed by atoms with Crippen molar-refractivity contribution in [3.05, 3.63) is 35.9 Å². The lowest BCUT2D eigenvalue weighted by molar-refractivity contribution is 0.0403. The Morgan fingerprint density at radius 1 is 0.909 bits per heavy atom. The molecule has 0 amide bonds. The van der Waals surface area contributed by atoms with E-state index in [1.807, 2.05) is 56.2 Å². The molecular weight excluding hydrogens is 278 g/mol. The fourth-order valence-electron chi connectivity index (χ4n) is 2.01. The average Bonchev–Trinajstić information content (AvgIpc) is 2.49. The number of rotatable bonds is 9. The quantitative estimate of drug-likeness (QED) is 0.398. The number of hydrogen-bond donors (Lipinski definition) is 0. The van der Waals surface area contributed by atoms with Gasteiger partial charge < -0.3 is 19.3 Å². The van der Waals surface area contributed by atoms with Crippen molar-refractivity contribution in [2.75, 3.05) is 54.6 Å². The lowest BCUT2D eigenvalue weighted by atomic mass is 10.2. The zero-order valence-electron chi connectivity index (χ0n) is 14.3. The van der Waals surface area contributed by atoms with Crippen LogP contribution in [-0.2, 0) is 16.1 Å². The van der Waals surface area contributed by atoms with Gasteiger partial charge in [0.2, 0.25) is 0 Å². The Hall–Kier alpha value is -1.59. The van der Waals surface area contributed by atoms with Crippen LogP contribution in [0.1, 0.15) is 12.0 Å². The van der Waals surface area contributed by atoms with Crippen LogP contribution in [0, 0.1) is 0 Å². The third-order valence-electron chi connectivity index (χ3n) is 2.98. The highest BCUT2D eigenvalue weighted by molar-refractivity contribution is 5.79. The molecule has 0 aliphatic rings. The molecule has 0 aromatic heterocycles. The minimum atomic E-state index is 0.624. The predicted octanol–water partition coefficient (Wildman–Crippen LogP) is 2.09. The standard InChI is InChI=1S/C17H29N3O2/c1-19(2)17(20(3)4)18-11-8-12-21-13-14-22-15-16-9-6-5-7-10-16/h5-7,9-10H,8,11-15H2,1-4H3. The van der Waals surface area contributed by atoms with E-state index in [9.17, 15) is 0 Å². The van der Waals surface area contributed by atoms with Crippen molar-refractivity contribution >= 4 is 5.96 Å². The minimum Gasteiger partial charge on any atom is -0.379 e. The van der Waals surface area contributed by atoms with Crippen LogP contribution in [-0.4, -0.2) is 70.3 Å². The molecule has 0 aliphatic heterocycles. The largest absolute Gasteiger partial charge is 0.379 e. The summed E-state index contributed by atoms with van der Waals surface area (Å²) in [5.41, 5.74) is 1.19. The van der Waals surface area contributed by atoms with Crippen molar-refractivity contribution in [3.63, 3.8) is 0 Å². The number of ether oxygens (including phenoxy) is 2. The number of benzene rings is 1. The summed E-state index contributed by atoms with van der Waals surface area (Å²) >= 11 is 0. The summed E-state index contributed by atoms with van der Waals surface area (Å²) in [6, 6.07) is 10.2. The molecule has 0 heterocycles. The molecule has 1 aromatic rings. The van der Waals surface area contributed by atoms with E-state index in [4.69, 9.17) is 9.47 Å². The van der Waals surface area contributed by atoms with E-state index in [0.29, 0.717) is 26.4 Å². The molecule has 22 heavy (non-hydrogen) atoms. The van der Waals surface area contributed by atoms with Gasteiger partial charge in [0.15, 0.2) is 5.96 Å². The Bertz CT molecular complexity index is 409. The molecule has 0 unspecified atom stereocenters. The zero-order chi connectivity index (χ0) is 16.2. The predicted molar refractivity (Wildman–Crippen MR) is 91.2 cm³/mol. The van der Waals surface area contributed by atoms with Gasteiger partial charge in [0.05, 0.1) is 19.8 Å². The molecule has 0 N–H and O–H groups in total. The van der Waals surface area contributed by atoms with Crippen LogP contribution in [0.25, 0.3) is 0 Å². The Labute approximate surface area is 134 Å². The van der Waals surface area contributed by atoms with Crippen molar-refractivity contribution < 1.29 is 9.47 Å². The second kappa shape index (κ2) is 11.0. The van der Waals surface area contributed by atoms with Gasteiger partial charge in [-0.3, -0.25) is 4.99 Å². The Morgan fingerprint density at radius 2 is 1.55 bits per heavy atom. The van der Waals surface area contributed by atoms with Crippen LogP contribution in [0.2, 0.25) is 0 Å². The fraction of sp³-hybridized carbons (Fsp3) is 0.588. The fourth-order valence-corrected chi connectivity index (χ4v) is 2.01. The van der Waals surface area contributed by atoms with Crippen molar-refractivity contribution in [2.45, 2.75) is 13.0 Å². The van der Waals surface area contributed by atoms with Gasteiger partial charge in [-0.25, -0.2) is 0 Å². The van der Waals surface area contributed by atoms with Gasteiger partial charge in [0.25, 0.3) is 0 Å². The SMILES string of the molecule is CN(C)C(=NCCCOCCOCc1ccccc1)N(C)C. The number of aliphatic imine (C=N–C) groups is 1. The van der Waals surface area contributed by atoms with Crippen molar-refractivity contribution in [1.82, 2.24) is 9.80 Å². The number of hydrogen-bond acceptors (Lipinski definition) is 3. The van der Waals surface area contributed by atoms with Gasteiger partial charge >= 0.3 is 0 Å². The molecule has 0 atom stereocenters. The van der Waals surface area contributed by atoms with Gasteiger partial charge in [0, 0.05) is 41.3 Å². The van der Waals surface area contributed by atoms with Crippen LogP contribution >= 0.6 is 0 Å². The van der Waals surface area contributed by atoms with Crippen LogP contribution in [0.15, 0.2) is 35.3 Å². The first kappa shape index (κ1) is 18.5. The Morgan fingerprint density at radius 3 is 2.18 bits per heavy atom. The van der Waals surface area contributed by atoms with E-state index in [1.165, 1.54) is 5.56 Å². The normalized spacial score (nSPS) is 10.4. The maximum Gasteiger partial charge on any atom is 0.195 e. The smallest absolute Gasteiger partial charge is 0.195 e. The monoisotopic (exact) mass is 307 g/mol. The van der Waals surface area contributed by atoms with Gasteiger partial charge in [-0.15, -0.1) is 0 Å². The summed E-state index contributed by atoms with van der Waals surface area (Å²) < 4.78 is 11.1. The third kappa shape index (κ3) is 8.00. The van der Waals surface area contributed by atoms with E-state index in [2.05, 4.69) is 17.1 Å². The van der Waals surface area contributed by atoms with Crippen LogP contribution in [0.4, 0.5) is 0 Å². The highest BCUT2D eigenvalue weighted by atomic mass is 16.5. The molecule has 0 bridgehead atoms.